The second-order valence-corrected chi connectivity index (χ2v) is 3.89. The minimum Gasteiger partial charge on any atom is -0.496 e. The van der Waals surface area contributed by atoms with Crippen LogP contribution in [0.1, 0.15) is 18.4 Å². The molecule has 0 amide bonds. The molecule has 1 aromatic rings. The summed E-state index contributed by atoms with van der Waals surface area (Å²) in [5.74, 6) is 0.895. The lowest BCUT2D eigenvalue weighted by molar-refractivity contribution is 0.409. The summed E-state index contributed by atoms with van der Waals surface area (Å²) in [5, 5.41) is 3.94. The summed E-state index contributed by atoms with van der Waals surface area (Å²) >= 11 is 6.13. The number of hydrogen-bond acceptors (Lipinski definition) is 2. The minimum absolute atomic E-state index is 0.804. The summed E-state index contributed by atoms with van der Waals surface area (Å²) in [4.78, 5) is 0. The van der Waals surface area contributed by atoms with Gasteiger partial charge in [0.05, 0.1) is 7.11 Å². The molecule has 2 nitrogen and oxygen atoms in total. The molecule has 0 aliphatic carbocycles. The molecule has 0 atom stereocenters. The van der Waals surface area contributed by atoms with Crippen molar-refractivity contribution < 1.29 is 4.74 Å². The number of ether oxygens (including phenoxy) is 1. The van der Waals surface area contributed by atoms with Gasteiger partial charge in [0.2, 0.25) is 0 Å². The van der Waals surface area contributed by atoms with Gasteiger partial charge in [-0.15, -0.1) is 0 Å². The molecule has 15 heavy (non-hydrogen) atoms. The van der Waals surface area contributed by atoms with Gasteiger partial charge in [-0.1, -0.05) is 17.7 Å². The van der Waals surface area contributed by atoms with Crippen molar-refractivity contribution in [3.63, 3.8) is 0 Å². The van der Waals surface area contributed by atoms with Crippen LogP contribution in [0, 0.1) is 0 Å². The maximum atomic E-state index is 6.13. The van der Waals surface area contributed by atoms with Crippen LogP contribution >= 0.6 is 11.6 Å². The normalized spacial score (nSPS) is 10.3. The molecule has 1 N–H and O–H groups in total. The third kappa shape index (κ3) is 3.73. The molecule has 0 aliphatic rings. The highest BCUT2D eigenvalue weighted by Crippen LogP contribution is 2.27. The lowest BCUT2D eigenvalue weighted by Gasteiger charge is -2.09. The zero-order chi connectivity index (χ0) is 11.1. The third-order valence-corrected chi connectivity index (χ3v) is 2.75. The van der Waals surface area contributed by atoms with Gasteiger partial charge in [0, 0.05) is 10.6 Å². The summed E-state index contributed by atoms with van der Waals surface area (Å²) in [5.41, 5.74) is 1.12. The van der Waals surface area contributed by atoms with Crippen molar-refractivity contribution in [3.05, 3.63) is 28.8 Å². The summed E-state index contributed by atoms with van der Waals surface area (Å²) in [7, 11) is 3.65. The van der Waals surface area contributed by atoms with Crippen LogP contribution < -0.4 is 10.1 Å². The van der Waals surface area contributed by atoms with Crippen molar-refractivity contribution in [1.29, 1.82) is 0 Å². The van der Waals surface area contributed by atoms with Gasteiger partial charge < -0.3 is 10.1 Å². The van der Waals surface area contributed by atoms with E-state index in [-0.39, 0.29) is 0 Å². The van der Waals surface area contributed by atoms with Crippen LogP contribution in [0.5, 0.6) is 5.75 Å². The summed E-state index contributed by atoms with van der Waals surface area (Å²) in [6.45, 7) is 1.05. The first-order chi connectivity index (χ1) is 7.29. The molecule has 1 rings (SSSR count). The highest BCUT2D eigenvalue weighted by atomic mass is 35.5. The predicted molar refractivity (Wildman–Crippen MR) is 64.9 cm³/mol. The lowest BCUT2D eigenvalue weighted by Crippen LogP contribution is -2.07. The molecular formula is C12H18ClNO. The van der Waals surface area contributed by atoms with Crippen molar-refractivity contribution in [2.45, 2.75) is 19.3 Å². The highest BCUT2D eigenvalue weighted by Gasteiger charge is 2.06. The van der Waals surface area contributed by atoms with E-state index in [1.165, 1.54) is 0 Å². The molecule has 0 saturated carbocycles. The molecule has 1 aromatic carbocycles. The number of nitrogens with one attached hydrogen (secondary N) is 1. The first-order valence-corrected chi connectivity index (χ1v) is 5.63. The molecule has 0 radical (unpaired) electrons. The molecule has 0 bridgehead atoms. The first-order valence-electron chi connectivity index (χ1n) is 5.25. The van der Waals surface area contributed by atoms with E-state index in [1.54, 1.807) is 7.11 Å². The van der Waals surface area contributed by atoms with E-state index in [9.17, 15) is 0 Å². The van der Waals surface area contributed by atoms with Crippen molar-refractivity contribution in [1.82, 2.24) is 5.32 Å². The number of hydrogen-bond donors (Lipinski definition) is 1. The molecule has 0 heterocycles. The molecule has 3 heteroatoms. The van der Waals surface area contributed by atoms with Gasteiger partial charge in [0.25, 0.3) is 0 Å². The molecule has 0 unspecified atom stereocenters. The van der Waals surface area contributed by atoms with E-state index in [0.717, 1.165) is 42.1 Å². The van der Waals surface area contributed by atoms with Gasteiger partial charge in [0.1, 0.15) is 5.75 Å². The molecule has 84 valence electrons. The standard InChI is InChI=1S/C12H18ClNO/c1-14-9-4-3-6-10-11(13)7-5-8-12(10)15-2/h5,7-8,14H,3-4,6,9H2,1-2H3. The van der Waals surface area contributed by atoms with Crippen LogP contribution in [0.2, 0.25) is 5.02 Å². The Bertz CT molecular complexity index is 302. The fourth-order valence-electron chi connectivity index (χ4n) is 1.58. The summed E-state index contributed by atoms with van der Waals surface area (Å²) in [6.07, 6.45) is 3.26. The van der Waals surface area contributed by atoms with Crippen LogP contribution in [0.3, 0.4) is 0 Å². The SMILES string of the molecule is CNCCCCc1c(Cl)cccc1OC. The Kier molecular flexibility index (Phi) is 5.51. The van der Waals surface area contributed by atoms with E-state index in [4.69, 9.17) is 16.3 Å². The average molecular weight is 228 g/mol. The van der Waals surface area contributed by atoms with E-state index >= 15 is 0 Å². The molecular weight excluding hydrogens is 210 g/mol. The van der Waals surface area contributed by atoms with Crippen LogP contribution in [-0.2, 0) is 6.42 Å². The van der Waals surface area contributed by atoms with E-state index < -0.39 is 0 Å². The first kappa shape index (κ1) is 12.3. The molecule has 0 aromatic heterocycles. The third-order valence-electron chi connectivity index (χ3n) is 2.40. The summed E-state index contributed by atoms with van der Waals surface area (Å²) < 4.78 is 5.28. The second kappa shape index (κ2) is 6.70. The zero-order valence-corrected chi connectivity index (χ0v) is 10.1. The Morgan fingerprint density at radius 2 is 2.13 bits per heavy atom. The zero-order valence-electron chi connectivity index (χ0n) is 9.35. The number of methoxy groups -OCH3 is 1. The van der Waals surface area contributed by atoms with Crippen LogP contribution in [0.25, 0.3) is 0 Å². The minimum atomic E-state index is 0.804. The number of unbranched alkanes of at least 4 members (excludes halogenated alkanes) is 1. The molecule has 0 saturated heterocycles. The monoisotopic (exact) mass is 227 g/mol. The van der Waals surface area contributed by atoms with E-state index in [1.807, 2.05) is 25.2 Å². The van der Waals surface area contributed by atoms with Crippen LogP contribution in [-0.4, -0.2) is 20.7 Å². The Balaban J connectivity index is 2.58. The fraction of sp³-hybridized carbons (Fsp3) is 0.500. The van der Waals surface area contributed by atoms with Gasteiger partial charge in [-0.3, -0.25) is 0 Å². The van der Waals surface area contributed by atoms with Gasteiger partial charge in [-0.25, -0.2) is 0 Å². The molecule has 0 spiro atoms. The van der Waals surface area contributed by atoms with Crippen molar-refractivity contribution >= 4 is 11.6 Å². The average Bonchev–Trinajstić information content (AvgIpc) is 2.26. The number of benzene rings is 1. The molecule has 0 aliphatic heterocycles. The smallest absolute Gasteiger partial charge is 0.123 e. The maximum Gasteiger partial charge on any atom is 0.123 e. The topological polar surface area (TPSA) is 21.3 Å². The van der Waals surface area contributed by atoms with E-state index in [0.29, 0.717) is 0 Å². The predicted octanol–water partition coefficient (Wildman–Crippen LogP) is 2.89. The van der Waals surface area contributed by atoms with Gasteiger partial charge in [0.15, 0.2) is 0 Å². The maximum absolute atomic E-state index is 6.13. The Morgan fingerprint density at radius 1 is 1.33 bits per heavy atom. The molecule has 0 fully saturated rings. The Hall–Kier alpha value is -0.730. The van der Waals surface area contributed by atoms with Crippen LogP contribution in [0.4, 0.5) is 0 Å². The fourth-order valence-corrected chi connectivity index (χ4v) is 1.84. The van der Waals surface area contributed by atoms with Crippen molar-refractivity contribution in [2.24, 2.45) is 0 Å². The second-order valence-electron chi connectivity index (χ2n) is 3.48. The van der Waals surface area contributed by atoms with Crippen molar-refractivity contribution in [2.75, 3.05) is 20.7 Å². The highest BCUT2D eigenvalue weighted by molar-refractivity contribution is 6.31. The summed E-state index contributed by atoms with van der Waals surface area (Å²) in [6, 6.07) is 5.79. The van der Waals surface area contributed by atoms with Crippen molar-refractivity contribution in [3.8, 4) is 5.75 Å². The quantitative estimate of drug-likeness (QED) is 0.755. The van der Waals surface area contributed by atoms with Gasteiger partial charge in [-0.2, -0.15) is 0 Å². The number of rotatable bonds is 6. The van der Waals surface area contributed by atoms with E-state index in [2.05, 4.69) is 5.32 Å². The number of halogens is 1. The van der Waals surface area contributed by atoms with Gasteiger partial charge >= 0.3 is 0 Å². The van der Waals surface area contributed by atoms with Crippen LogP contribution in [0.15, 0.2) is 18.2 Å². The lowest BCUT2D eigenvalue weighted by atomic mass is 10.1. The van der Waals surface area contributed by atoms with Gasteiger partial charge in [-0.05, 0) is 45.0 Å². The Labute approximate surface area is 96.6 Å². The largest absolute Gasteiger partial charge is 0.496 e. The Morgan fingerprint density at radius 3 is 2.80 bits per heavy atom.